The third kappa shape index (κ3) is 11.3. The van der Waals surface area contributed by atoms with Crippen LogP contribution in [0.5, 0.6) is 0 Å². The summed E-state index contributed by atoms with van der Waals surface area (Å²) in [6.07, 6.45) is 7.87. The van der Waals surface area contributed by atoms with Crippen LogP contribution in [0.25, 0.3) is 10.8 Å². The summed E-state index contributed by atoms with van der Waals surface area (Å²) in [5, 5.41) is 6.29. The van der Waals surface area contributed by atoms with Crippen LogP contribution in [-0.2, 0) is 23.9 Å². The van der Waals surface area contributed by atoms with E-state index in [9.17, 15) is 14.4 Å². The molecule has 1 saturated carbocycles. The van der Waals surface area contributed by atoms with E-state index in [0.29, 0.717) is 43.6 Å². The normalized spacial score (nSPS) is 16.8. The molecule has 0 aliphatic heterocycles. The quantitative estimate of drug-likeness (QED) is 0.363. The lowest BCUT2D eigenvalue weighted by atomic mass is 9.92. The highest BCUT2D eigenvalue weighted by molar-refractivity contribution is 5.93. The predicted molar refractivity (Wildman–Crippen MR) is 138 cm³/mol. The van der Waals surface area contributed by atoms with E-state index in [-0.39, 0.29) is 5.78 Å². The molecule has 2 unspecified atom stereocenters. The van der Waals surface area contributed by atoms with Crippen LogP contribution in [0, 0.1) is 0 Å². The molecule has 0 spiro atoms. The number of hydrogen-bond acceptors (Lipinski definition) is 6. The molecule has 6 heteroatoms. The Balaban J connectivity index is 0.000000325. The van der Waals surface area contributed by atoms with Gasteiger partial charge in [0.1, 0.15) is 18.4 Å². The maximum absolute atomic E-state index is 10.7. The second kappa shape index (κ2) is 17.6. The Labute approximate surface area is 203 Å². The van der Waals surface area contributed by atoms with Crippen LogP contribution in [0.2, 0.25) is 0 Å². The molecule has 0 bridgehead atoms. The van der Waals surface area contributed by atoms with Gasteiger partial charge >= 0.3 is 0 Å². The Bertz CT molecular complexity index is 890. The van der Waals surface area contributed by atoms with Crippen LogP contribution in [0.1, 0.15) is 51.9 Å². The van der Waals surface area contributed by atoms with Gasteiger partial charge in [-0.3, -0.25) is 9.59 Å². The molecular weight excluding hydrogens is 430 g/mol. The molecule has 2 atom stereocenters. The van der Waals surface area contributed by atoms with Gasteiger partial charge in [-0.2, -0.15) is 0 Å². The van der Waals surface area contributed by atoms with Crippen molar-refractivity contribution in [3.8, 4) is 0 Å². The Hall–Kier alpha value is -2.83. The topological polar surface area (TPSA) is 81.7 Å². The van der Waals surface area contributed by atoms with Gasteiger partial charge in [0.15, 0.2) is 0 Å². The van der Waals surface area contributed by atoms with E-state index in [4.69, 9.17) is 4.74 Å². The molecule has 1 aliphatic carbocycles. The summed E-state index contributed by atoms with van der Waals surface area (Å²) in [4.78, 5) is 29.9. The van der Waals surface area contributed by atoms with Crippen molar-refractivity contribution in [2.75, 3.05) is 26.1 Å². The lowest BCUT2D eigenvalue weighted by molar-refractivity contribution is -0.121. The summed E-state index contributed by atoms with van der Waals surface area (Å²) in [6.45, 7) is 5.42. The number of carbonyl (C=O) groups excluding carboxylic acids is 3. The summed E-state index contributed by atoms with van der Waals surface area (Å²) in [5.41, 5.74) is 1.80. The summed E-state index contributed by atoms with van der Waals surface area (Å²) in [5.74, 6) is 0.0916. The third-order valence-electron chi connectivity index (χ3n) is 5.46. The summed E-state index contributed by atoms with van der Waals surface area (Å²) in [6, 6.07) is 15.4. The summed E-state index contributed by atoms with van der Waals surface area (Å²) < 4.78 is 10.3. The summed E-state index contributed by atoms with van der Waals surface area (Å²) >= 11 is 0. The van der Waals surface area contributed by atoms with Crippen LogP contribution in [0.15, 0.2) is 54.6 Å². The van der Waals surface area contributed by atoms with Crippen molar-refractivity contribution in [3.63, 3.8) is 0 Å². The molecule has 0 aromatic heterocycles. The van der Waals surface area contributed by atoms with Crippen LogP contribution < -0.4 is 5.32 Å². The van der Waals surface area contributed by atoms with Gasteiger partial charge in [0, 0.05) is 44.6 Å². The second-order valence-electron chi connectivity index (χ2n) is 8.29. The zero-order valence-corrected chi connectivity index (χ0v) is 20.8. The Morgan fingerprint density at radius 1 is 1.06 bits per heavy atom. The van der Waals surface area contributed by atoms with Crippen LogP contribution in [-0.4, -0.2) is 51.3 Å². The zero-order chi connectivity index (χ0) is 25.2. The molecule has 6 nitrogen and oxygen atoms in total. The van der Waals surface area contributed by atoms with Crippen molar-refractivity contribution < 1.29 is 23.9 Å². The number of carbonyl (C=O) groups is 3. The van der Waals surface area contributed by atoms with E-state index in [1.807, 2.05) is 7.11 Å². The lowest BCUT2D eigenvalue weighted by Crippen LogP contribution is -2.37. The molecule has 0 amide bonds. The highest BCUT2D eigenvalue weighted by atomic mass is 16.5. The second-order valence-corrected chi connectivity index (χ2v) is 8.29. The van der Waals surface area contributed by atoms with E-state index in [2.05, 4.69) is 59.1 Å². The number of nitrogens with one attached hydrogen (secondary N) is 1. The number of anilines is 1. The van der Waals surface area contributed by atoms with E-state index in [1.165, 1.54) is 42.1 Å². The highest BCUT2D eigenvalue weighted by Crippen LogP contribution is 2.28. The number of aldehydes is 2. The molecule has 0 heterocycles. The first kappa shape index (κ1) is 29.2. The standard InChI is InChI=1S/C17H21NO.C7H12O3.C4H6O/c1-19-17-12-5-4-10-16(17)18-15-11-6-8-13-7-2-3-9-14(13)15;1-10-6-4-7(9)3-2-5-8;1-4(2)3-5/h2-3,6-9,11,16-18H,4-5,10,12H2,1H3;5H,2-4,6H2,1H3;3H,1H2,2H3. The number of benzene rings is 2. The number of Topliss-reactive ketones (excluding diaryl/α,β-unsaturated/α-hetero) is 1. The number of allylic oxidation sites excluding steroid dienone is 1. The largest absolute Gasteiger partial charge is 0.384 e. The van der Waals surface area contributed by atoms with E-state index < -0.39 is 0 Å². The first-order valence-electron chi connectivity index (χ1n) is 11.8. The minimum Gasteiger partial charge on any atom is -0.384 e. The Kier molecular flexibility index (Phi) is 15.1. The first-order chi connectivity index (χ1) is 16.5. The molecule has 1 fully saturated rings. The maximum Gasteiger partial charge on any atom is 0.145 e. The van der Waals surface area contributed by atoms with E-state index >= 15 is 0 Å². The monoisotopic (exact) mass is 469 g/mol. The number of methoxy groups -OCH3 is 2. The molecule has 1 N–H and O–H groups in total. The number of ketones is 1. The van der Waals surface area contributed by atoms with Crippen molar-refractivity contribution >= 4 is 34.8 Å². The number of rotatable bonds is 10. The van der Waals surface area contributed by atoms with Gasteiger partial charge in [-0.25, -0.2) is 0 Å². The van der Waals surface area contributed by atoms with Crippen LogP contribution >= 0.6 is 0 Å². The smallest absolute Gasteiger partial charge is 0.145 e. The number of fused-ring (bicyclic) bond motifs is 1. The third-order valence-corrected chi connectivity index (χ3v) is 5.46. The van der Waals surface area contributed by atoms with Crippen molar-refractivity contribution in [1.82, 2.24) is 0 Å². The SMILES string of the molecule is C=C(C)C=O.COC1CCCCC1Nc1cccc2ccccc12.COCCC(=O)CCC=O. The molecule has 3 rings (SSSR count). The average molecular weight is 470 g/mol. The van der Waals surface area contributed by atoms with Gasteiger partial charge in [-0.15, -0.1) is 0 Å². The molecule has 34 heavy (non-hydrogen) atoms. The number of hydrogen-bond donors (Lipinski definition) is 1. The van der Waals surface area contributed by atoms with Crippen molar-refractivity contribution in [2.24, 2.45) is 0 Å². The molecular formula is C28H39NO5. The Morgan fingerprint density at radius 3 is 2.38 bits per heavy atom. The van der Waals surface area contributed by atoms with Gasteiger partial charge in [0.05, 0.1) is 18.8 Å². The molecule has 1 aliphatic rings. The number of ether oxygens (including phenoxy) is 2. The van der Waals surface area contributed by atoms with Crippen molar-refractivity contribution in [3.05, 3.63) is 54.6 Å². The first-order valence-corrected chi connectivity index (χ1v) is 11.8. The van der Waals surface area contributed by atoms with Crippen molar-refractivity contribution in [1.29, 1.82) is 0 Å². The molecule has 2 aromatic carbocycles. The van der Waals surface area contributed by atoms with Crippen LogP contribution in [0.4, 0.5) is 5.69 Å². The van der Waals surface area contributed by atoms with Gasteiger partial charge in [0.25, 0.3) is 0 Å². The fourth-order valence-corrected chi connectivity index (χ4v) is 3.66. The summed E-state index contributed by atoms with van der Waals surface area (Å²) in [7, 11) is 3.38. The van der Waals surface area contributed by atoms with Gasteiger partial charge in [-0.1, -0.05) is 55.8 Å². The van der Waals surface area contributed by atoms with Crippen LogP contribution in [0.3, 0.4) is 0 Å². The minimum atomic E-state index is 0.0916. The Morgan fingerprint density at radius 2 is 1.74 bits per heavy atom. The van der Waals surface area contributed by atoms with Gasteiger partial charge in [0.2, 0.25) is 0 Å². The highest BCUT2D eigenvalue weighted by Gasteiger charge is 2.24. The molecule has 2 aromatic rings. The fourth-order valence-electron chi connectivity index (χ4n) is 3.66. The fraction of sp³-hybridized carbons (Fsp3) is 0.464. The predicted octanol–water partition coefficient (Wildman–Crippen LogP) is 5.54. The minimum absolute atomic E-state index is 0.0916. The molecule has 0 saturated heterocycles. The van der Waals surface area contributed by atoms with Crippen molar-refractivity contribution in [2.45, 2.75) is 64.0 Å². The molecule has 0 radical (unpaired) electrons. The van der Waals surface area contributed by atoms with E-state index in [1.54, 1.807) is 14.0 Å². The zero-order valence-electron chi connectivity index (χ0n) is 20.8. The maximum atomic E-state index is 10.7. The average Bonchev–Trinajstić information content (AvgIpc) is 2.87. The van der Waals surface area contributed by atoms with Gasteiger partial charge < -0.3 is 19.6 Å². The molecule has 186 valence electrons. The van der Waals surface area contributed by atoms with Gasteiger partial charge in [-0.05, 0) is 36.8 Å². The van der Waals surface area contributed by atoms with E-state index in [0.717, 1.165) is 12.6 Å². The lowest BCUT2D eigenvalue weighted by Gasteiger charge is -2.32.